The van der Waals surface area contributed by atoms with Gasteiger partial charge in [0.1, 0.15) is 6.17 Å². The predicted octanol–water partition coefficient (Wildman–Crippen LogP) is 0.800. The van der Waals surface area contributed by atoms with Crippen LogP contribution in [0.15, 0.2) is 9.98 Å². The molecule has 0 unspecified atom stereocenters. The van der Waals surface area contributed by atoms with Gasteiger partial charge in [-0.05, 0) is 6.42 Å². The van der Waals surface area contributed by atoms with Crippen molar-refractivity contribution in [2.45, 2.75) is 25.9 Å². The van der Waals surface area contributed by atoms with E-state index in [9.17, 15) is 0 Å². The van der Waals surface area contributed by atoms with Gasteiger partial charge in [-0.1, -0.05) is 13.3 Å². The fourth-order valence-electron chi connectivity index (χ4n) is 2.02. The van der Waals surface area contributed by atoms with Crippen molar-refractivity contribution >= 4 is 12.7 Å². The summed E-state index contributed by atoms with van der Waals surface area (Å²) in [5.41, 5.74) is 0. The molecule has 0 aromatic carbocycles. The van der Waals surface area contributed by atoms with Crippen LogP contribution in [0.5, 0.6) is 0 Å². The van der Waals surface area contributed by atoms with E-state index in [4.69, 9.17) is 0 Å². The molecule has 0 aromatic rings. The second-order valence-corrected chi connectivity index (χ2v) is 3.79. The molecule has 0 aromatic heterocycles. The molecule has 0 atom stereocenters. The highest BCUT2D eigenvalue weighted by atomic mass is 15.4. The first-order valence-corrected chi connectivity index (χ1v) is 5.43. The minimum atomic E-state index is 0.484. The van der Waals surface area contributed by atoms with E-state index >= 15 is 0 Å². The van der Waals surface area contributed by atoms with E-state index in [1.54, 1.807) is 0 Å². The fraction of sp³-hybridized carbons (Fsp3) is 0.800. The Morgan fingerprint density at radius 3 is 2.07 bits per heavy atom. The third-order valence-corrected chi connectivity index (χ3v) is 2.75. The Labute approximate surface area is 85.3 Å². The summed E-state index contributed by atoms with van der Waals surface area (Å²) in [4.78, 5) is 13.2. The molecule has 14 heavy (non-hydrogen) atoms. The molecule has 2 aliphatic rings. The molecular weight excluding hydrogens is 176 g/mol. The molecule has 0 aliphatic carbocycles. The second-order valence-electron chi connectivity index (χ2n) is 3.79. The van der Waals surface area contributed by atoms with Gasteiger partial charge in [-0.2, -0.15) is 0 Å². The predicted molar refractivity (Wildman–Crippen MR) is 58.8 cm³/mol. The van der Waals surface area contributed by atoms with Gasteiger partial charge in [-0.15, -0.1) is 0 Å². The summed E-state index contributed by atoms with van der Waals surface area (Å²) in [7, 11) is 0. The van der Waals surface area contributed by atoms with Crippen molar-refractivity contribution < 1.29 is 0 Å². The Morgan fingerprint density at radius 1 is 1.14 bits per heavy atom. The van der Waals surface area contributed by atoms with Crippen molar-refractivity contribution in [3.63, 3.8) is 0 Å². The van der Waals surface area contributed by atoms with E-state index in [-0.39, 0.29) is 0 Å². The van der Waals surface area contributed by atoms with Crippen molar-refractivity contribution in [1.82, 2.24) is 9.80 Å². The monoisotopic (exact) mass is 194 g/mol. The van der Waals surface area contributed by atoms with E-state index in [1.165, 1.54) is 12.8 Å². The first-order chi connectivity index (χ1) is 6.92. The third kappa shape index (κ3) is 1.89. The minimum absolute atomic E-state index is 0.484. The van der Waals surface area contributed by atoms with Gasteiger partial charge in [0.2, 0.25) is 0 Å². The summed E-state index contributed by atoms with van der Waals surface area (Å²) in [6.45, 7) is 6.26. The van der Waals surface area contributed by atoms with Gasteiger partial charge in [-0.3, -0.25) is 9.98 Å². The fourth-order valence-corrected chi connectivity index (χ4v) is 2.02. The Hall–Kier alpha value is -1.06. The SMILES string of the molecule is CCCC(N1C=NCC1)N1C=NCC1. The van der Waals surface area contributed by atoms with Crippen molar-refractivity contribution in [3.8, 4) is 0 Å². The van der Waals surface area contributed by atoms with Gasteiger partial charge in [0, 0.05) is 13.1 Å². The highest BCUT2D eigenvalue weighted by Crippen LogP contribution is 2.13. The minimum Gasteiger partial charge on any atom is -0.341 e. The largest absolute Gasteiger partial charge is 0.341 e. The van der Waals surface area contributed by atoms with Crippen LogP contribution in [0.25, 0.3) is 0 Å². The number of nitrogens with zero attached hydrogens (tertiary/aromatic N) is 4. The number of hydrogen-bond donors (Lipinski definition) is 0. The molecule has 4 nitrogen and oxygen atoms in total. The summed E-state index contributed by atoms with van der Waals surface area (Å²) in [5, 5.41) is 0. The lowest BCUT2D eigenvalue weighted by atomic mass is 10.2. The molecule has 2 aliphatic heterocycles. The maximum atomic E-state index is 4.27. The summed E-state index contributed by atoms with van der Waals surface area (Å²) in [5.74, 6) is 0. The van der Waals surface area contributed by atoms with Crippen molar-refractivity contribution in [2.24, 2.45) is 9.98 Å². The smallest absolute Gasteiger partial charge is 0.103 e. The van der Waals surface area contributed by atoms with Crippen LogP contribution in [0.4, 0.5) is 0 Å². The zero-order chi connectivity index (χ0) is 9.80. The molecule has 0 fully saturated rings. The lowest BCUT2D eigenvalue weighted by Crippen LogP contribution is -2.45. The average Bonchev–Trinajstić information content (AvgIpc) is 2.87. The van der Waals surface area contributed by atoms with Gasteiger partial charge in [-0.25, -0.2) is 0 Å². The molecule has 2 rings (SSSR count). The van der Waals surface area contributed by atoms with Crippen LogP contribution in [0, 0.1) is 0 Å². The highest BCUT2D eigenvalue weighted by molar-refractivity contribution is 5.61. The molecule has 78 valence electrons. The van der Waals surface area contributed by atoms with E-state index < -0.39 is 0 Å². The standard InChI is InChI=1S/C10H18N4/c1-2-3-10(13-6-4-11-8-13)14-7-5-12-9-14/h8-10H,2-7H2,1H3. The molecule has 2 heterocycles. The van der Waals surface area contributed by atoms with Crippen molar-refractivity contribution in [2.75, 3.05) is 26.2 Å². The van der Waals surface area contributed by atoms with E-state index in [1.807, 2.05) is 12.7 Å². The van der Waals surface area contributed by atoms with Crippen LogP contribution < -0.4 is 0 Å². The Kier molecular flexibility index (Phi) is 3.01. The summed E-state index contributed by atoms with van der Waals surface area (Å²) >= 11 is 0. The number of aliphatic imine (C=N–C) groups is 2. The maximum absolute atomic E-state index is 4.27. The van der Waals surface area contributed by atoms with Gasteiger partial charge in [0.05, 0.1) is 25.8 Å². The lowest BCUT2D eigenvalue weighted by molar-refractivity contribution is 0.176. The Bertz CT molecular complexity index is 214. The first-order valence-electron chi connectivity index (χ1n) is 5.43. The molecule has 0 saturated heterocycles. The van der Waals surface area contributed by atoms with E-state index in [2.05, 4.69) is 26.7 Å². The van der Waals surface area contributed by atoms with Gasteiger partial charge in [0.25, 0.3) is 0 Å². The topological polar surface area (TPSA) is 31.2 Å². The molecular formula is C10H18N4. The first kappa shape index (κ1) is 9.49. The molecule has 0 bridgehead atoms. The molecule has 0 N–H and O–H groups in total. The van der Waals surface area contributed by atoms with Crippen LogP contribution in [0.2, 0.25) is 0 Å². The third-order valence-electron chi connectivity index (χ3n) is 2.75. The van der Waals surface area contributed by atoms with Crippen LogP contribution in [0.3, 0.4) is 0 Å². The maximum Gasteiger partial charge on any atom is 0.103 e. The average molecular weight is 194 g/mol. The highest BCUT2D eigenvalue weighted by Gasteiger charge is 2.23. The Morgan fingerprint density at radius 2 is 1.71 bits per heavy atom. The summed E-state index contributed by atoms with van der Waals surface area (Å²) < 4.78 is 0. The van der Waals surface area contributed by atoms with Crippen LogP contribution in [-0.4, -0.2) is 54.8 Å². The van der Waals surface area contributed by atoms with Gasteiger partial charge in [0.15, 0.2) is 0 Å². The van der Waals surface area contributed by atoms with Crippen molar-refractivity contribution in [3.05, 3.63) is 0 Å². The van der Waals surface area contributed by atoms with E-state index in [0.29, 0.717) is 6.17 Å². The Balaban J connectivity index is 1.98. The quantitative estimate of drug-likeness (QED) is 0.663. The van der Waals surface area contributed by atoms with Crippen LogP contribution >= 0.6 is 0 Å². The molecule has 0 radical (unpaired) electrons. The molecule has 0 saturated carbocycles. The summed E-state index contributed by atoms with van der Waals surface area (Å²) in [6.07, 6.45) is 6.87. The normalized spacial score (nSPS) is 20.4. The van der Waals surface area contributed by atoms with Gasteiger partial charge < -0.3 is 9.80 Å². The second kappa shape index (κ2) is 4.44. The van der Waals surface area contributed by atoms with E-state index in [0.717, 1.165) is 26.2 Å². The zero-order valence-electron chi connectivity index (χ0n) is 8.76. The summed E-state index contributed by atoms with van der Waals surface area (Å²) in [6, 6.07) is 0. The molecule has 0 spiro atoms. The molecule has 4 heteroatoms. The molecule has 0 amide bonds. The van der Waals surface area contributed by atoms with Crippen molar-refractivity contribution in [1.29, 1.82) is 0 Å². The lowest BCUT2D eigenvalue weighted by Gasteiger charge is -2.33. The number of rotatable bonds is 4. The number of hydrogen-bond acceptors (Lipinski definition) is 4. The van der Waals surface area contributed by atoms with Crippen LogP contribution in [0.1, 0.15) is 19.8 Å². The zero-order valence-corrected chi connectivity index (χ0v) is 8.76. The van der Waals surface area contributed by atoms with Crippen LogP contribution in [-0.2, 0) is 0 Å². The van der Waals surface area contributed by atoms with Gasteiger partial charge >= 0.3 is 0 Å².